The predicted molar refractivity (Wildman–Crippen MR) is 96.7 cm³/mol. The zero-order valence-corrected chi connectivity index (χ0v) is 15.3. The van der Waals surface area contributed by atoms with Gasteiger partial charge in [0.2, 0.25) is 0 Å². The molecule has 2 aromatic carbocycles. The van der Waals surface area contributed by atoms with Gasteiger partial charge in [0.05, 0.1) is 0 Å². The molecule has 0 heterocycles. The molecule has 112 valence electrons. The molecule has 0 amide bonds. The Bertz CT molecular complexity index is 523. The molecule has 1 unspecified atom stereocenters. The van der Waals surface area contributed by atoms with E-state index in [4.69, 9.17) is 16.0 Å². The minimum Gasteiger partial charge on any atom is -0.406 e. The monoisotopic (exact) mass is 336 g/mol. The fourth-order valence-corrected chi connectivity index (χ4v) is 4.72. The minimum atomic E-state index is -0.590. The molecule has 0 N–H and O–H groups in total. The maximum absolute atomic E-state index is 6.30. The summed E-state index contributed by atoms with van der Waals surface area (Å²) in [5, 5.41) is 0. The Kier molecular flexibility index (Phi) is 6.84. The third-order valence-electron chi connectivity index (χ3n) is 3.31. The van der Waals surface area contributed by atoms with Gasteiger partial charge in [-0.05, 0) is 24.1 Å². The van der Waals surface area contributed by atoms with E-state index in [1.54, 1.807) is 0 Å². The Morgan fingerprint density at radius 1 is 1.05 bits per heavy atom. The lowest BCUT2D eigenvalue weighted by atomic mass is 10.1. The van der Waals surface area contributed by atoms with Gasteiger partial charge in [0.25, 0.3) is 0 Å². The van der Waals surface area contributed by atoms with Crippen molar-refractivity contribution in [2.24, 2.45) is 0 Å². The van der Waals surface area contributed by atoms with Crippen molar-refractivity contribution in [3.63, 3.8) is 0 Å². The molecule has 0 aliphatic rings. The summed E-state index contributed by atoms with van der Waals surface area (Å²) in [4.78, 5) is -0.282. The van der Waals surface area contributed by atoms with Gasteiger partial charge in [0, 0.05) is 11.6 Å². The summed E-state index contributed by atoms with van der Waals surface area (Å²) in [6, 6.07) is 22.0. The summed E-state index contributed by atoms with van der Waals surface area (Å²) in [5.41, 5.74) is 2.56. The van der Waals surface area contributed by atoms with Crippen molar-refractivity contribution in [2.45, 2.75) is 23.7 Å². The highest BCUT2D eigenvalue weighted by molar-refractivity contribution is 7.99. The van der Waals surface area contributed by atoms with E-state index < -0.39 is 9.76 Å². The van der Waals surface area contributed by atoms with Gasteiger partial charge < -0.3 is 4.43 Å². The van der Waals surface area contributed by atoms with Crippen LogP contribution < -0.4 is 0 Å². The lowest BCUT2D eigenvalue weighted by molar-refractivity contribution is 0.199. The second-order valence-corrected chi connectivity index (χ2v) is 8.12. The van der Waals surface area contributed by atoms with E-state index in [0.29, 0.717) is 5.88 Å². The summed E-state index contributed by atoms with van der Waals surface area (Å²) < 4.78 is 6.30. The van der Waals surface area contributed by atoms with Crippen LogP contribution in [0, 0.1) is 0 Å². The molecule has 4 heteroatoms. The fourth-order valence-electron chi connectivity index (χ4n) is 2.07. The van der Waals surface area contributed by atoms with Crippen LogP contribution in [0.15, 0.2) is 60.7 Å². The van der Waals surface area contributed by atoms with Crippen LogP contribution in [0.25, 0.3) is 0 Å². The Morgan fingerprint density at radius 3 is 2.29 bits per heavy atom. The van der Waals surface area contributed by atoms with E-state index in [-0.39, 0.29) is 4.93 Å². The smallest absolute Gasteiger partial charge is 0.165 e. The lowest BCUT2D eigenvalue weighted by Crippen LogP contribution is -2.24. The number of hydrogen-bond donors (Lipinski definition) is 0. The van der Waals surface area contributed by atoms with Gasteiger partial charge in [0.15, 0.2) is 9.76 Å². The van der Waals surface area contributed by atoms with E-state index in [1.807, 2.05) is 17.8 Å². The fraction of sp³-hybridized carbons (Fsp3) is 0.294. The molecule has 0 saturated heterocycles. The number of alkyl halides is 1. The van der Waals surface area contributed by atoms with Crippen LogP contribution in [-0.2, 0) is 15.1 Å². The van der Waals surface area contributed by atoms with Gasteiger partial charge in [-0.1, -0.05) is 60.7 Å². The van der Waals surface area contributed by atoms with Crippen molar-refractivity contribution in [3.05, 3.63) is 71.8 Å². The molecule has 0 aliphatic carbocycles. The minimum absolute atomic E-state index is 0.282. The molecule has 1 atom stereocenters. The lowest BCUT2D eigenvalue weighted by Gasteiger charge is -2.30. The Labute approximate surface area is 139 Å². The van der Waals surface area contributed by atoms with Crippen molar-refractivity contribution in [2.75, 3.05) is 5.88 Å². The maximum Gasteiger partial charge on any atom is 0.165 e. The van der Waals surface area contributed by atoms with Gasteiger partial charge >= 0.3 is 0 Å². The van der Waals surface area contributed by atoms with Gasteiger partial charge in [-0.15, -0.1) is 23.4 Å². The Morgan fingerprint density at radius 2 is 1.67 bits per heavy atom. The largest absolute Gasteiger partial charge is 0.406 e. The van der Waals surface area contributed by atoms with Crippen molar-refractivity contribution in [1.29, 1.82) is 0 Å². The first-order chi connectivity index (χ1) is 10.2. The first kappa shape index (κ1) is 16.6. The third-order valence-corrected chi connectivity index (χ3v) is 7.04. The quantitative estimate of drug-likeness (QED) is 0.303. The highest BCUT2D eigenvalue weighted by Gasteiger charge is 2.27. The van der Waals surface area contributed by atoms with E-state index in [0.717, 1.165) is 11.8 Å². The number of rotatable bonds is 8. The molecule has 0 aliphatic heterocycles. The molecular formula is C17H21ClOSSi. The van der Waals surface area contributed by atoms with Gasteiger partial charge in [-0.2, -0.15) is 0 Å². The summed E-state index contributed by atoms with van der Waals surface area (Å²) in [5.74, 6) is 1.64. The van der Waals surface area contributed by atoms with Crippen LogP contribution in [-0.4, -0.2) is 15.6 Å². The van der Waals surface area contributed by atoms with Crippen LogP contribution in [0.5, 0.6) is 0 Å². The van der Waals surface area contributed by atoms with Gasteiger partial charge in [-0.25, -0.2) is 0 Å². The van der Waals surface area contributed by atoms with Crippen molar-refractivity contribution in [3.8, 4) is 0 Å². The zero-order chi connectivity index (χ0) is 15.0. The molecule has 2 aromatic rings. The van der Waals surface area contributed by atoms with Crippen LogP contribution in [0.1, 0.15) is 18.1 Å². The van der Waals surface area contributed by atoms with Crippen LogP contribution >= 0.6 is 23.4 Å². The van der Waals surface area contributed by atoms with Crippen molar-refractivity contribution < 1.29 is 4.43 Å². The average Bonchev–Trinajstić information content (AvgIpc) is 2.55. The first-order valence-electron chi connectivity index (χ1n) is 7.18. The molecule has 0 aromatic heterocycles. The molecule has 0 radical (unpaired) electrons. The van der Waals surface area contributed by atoms with Crippen LogP contribution in [0.3, 0.4) is 0 Å². The molecule has 0 saturated carbocycles. The molecular weight excluding hydrogens is 316 g/mol. The highest BCUT2D eigenvalue weighted by atomic mass is 35.5. The Hall–Kier alpha value is -0.743. The third kappa shape index (κ3) is 5.18. The molecule has 21 heavy (non-hydrogen) atoms. The first-order valence-corrected chi connectivity index (χ1v) is 10.3. The zero-order valence-electron chi connectivity index (χ0n) is 12.3. The topological polar surface area (TPSA) is 9.23 Å². The predicted octanol–water partition coefficient (Wildman–Crippen LogP) is 4.55. The summed E-state index contributed by atoms with van der Waals surface area (Å²) in [6.45, 7) is 2.18. The molecule has 0 spiro atoms. The maximum atomic E-state index is 6.30. The Balaban J connectivity index is 2.08. The van der Waals surface area contributed by atoms with Crippen LogP contribution in [0.4, 0.5) is 0 Å². The molecule has 2 rings (SSSR count). The van der Waals surface area contributed by atoms with Gasteiger partial charge in [-0.3, -0.25) is 0 Å². The number of hydrogen-bond acceptors (Lipinski definition) is 2. The second-order valence-electron chi connectivity index (χ2n) is 4.98. The van der Waals surface area contributed by atoms with Crippen molar-refractivity contribution in [1.82, 2.24) is 0 Å². The summed E-state index contributed by atoms with van der Waals surface area (Å²) in [7, 11) is -0.590. The SMILES string of the molecule is CC(O[SiH2]CCCl)(SCc1ccccc1)c1ccccc1. The van der Waals surface area contributed by atoms with E-state index in [2.05, 4.69) is 61.5 Å². The van der Waals surface area contributed by atoms with Crippen molar-refractivity contribution >= 4 is 33.1 Å². The van der Waals surface area contributed by atoms with E-state index in [1.165, 1.54) is 11.1 Å². The number of benzene rings is 2. The summed E-state index contributed by atoms with van der Waals surface area (Å²) in [6.07, 6.45) is 0. The molecule has 0 fully saturated rings. The molecule has 0 bridgehead atoms. The number of halogens is 1. The van der Waals surface area contributed by atoms with E-state index in [9.17, 15) is 0 Å². The second kappa shape index (κ2) is 8.64. The molecule has 1 nitrogen and oxygen atoms in total. The summed E-state index contributed by atoms with van der Waals surface area (Å²) >= 11 is 7.65. The normalized spacial score (nSPS) is 14.4. The van der Waals surface area contributed by atoms with E-state index >= 15 is 0 Å². The standard InChI is InChI=1S/C17H21ClOSSi/c1-17(19-21-13-12-18,16-10-6-3-7-11-16)20-14-15-8-4-2-5-9-15/h2-11H,12-14,21H2,1H3. The highest BCUT2D eigenvalue weighted by Crippen LogP contribution is 2.39. The number of thioether (sulfide) groups is 1. The van der Waals surface area contributed by atoms with Gasteiger partial charge in [0.1, 0.15) is 4.93 Å². The average molecular weight is 337 g/mol. The van der Waals surface area contributed by atoms with Crippen LogP contribution in [0.2, 0.25) is 6.04 Å².